The first-order valence-electron chi connectivity index (χ1n) is 8.56. The lowest BCUT2D eigenvalue weighted by molar-refractivity contribution is 0.306. The summed E-state index contributed by atoms with van der Waals surface area (Å²) in [6.45, 7) is 1.33. The molecule has 26 heavy (non-hydrogen) atoms. The summed E-state index contributed by atoms with van der Waals surface area (Å²) in [5.41, 5.74) is 4.36. The molecule has 0 atom stereocenters. The van der Waals surface area contributed by atoms with Gasteiger partial charge in [0.2, 0.25) is 0 Å². The molecule has 1 N–H and O–H groups in total. The Hall–Kier alpha value is -3.40. The summed E-state index contributed by atoms with van der Waals surface area (Å²) >= 11 is 0. The van der Waals surface area contributed by atoms with E-state index in [9.17, 15) is 0 Å². The number of nitrogens with one attached hydrogen (secondary N) is 1. The van der Waals surface area contributed by atoms with Gasteiger partial charge < -0.3 is 10.1 Å². The number of fused-ring (bicyclic) bond motifs is 1. The molecule has 0 fully saturated rings. The summed E-state index contributed by atoms with van der Waals surface area (Å²) in [5.74, 6) is 0.887. The van der Waals surface area contributed by atoms with E-state index in [-0.39, 0.29) is 0 Å². The Balaban J connectivity index is 1.34. The lowest BCUT2D eigenvalue weighted by Gasteiger charge is -2.09. The van der Waals surface area contributed by atoms with E-state index in [0.717, 1.165) is 34.4 Å². The predicted molar refractivity (Wildman–Crippen MR) is 104 cm³/mol. The molecule has 4 heteroatoms. The maximum Gasteiger partial charge on any atom is 0.119 e. The molecule has 0 aliphatic carbocycles. The van der Waals surface area contributed by atoms with Crippen molar-refractivity contribution in [2.45, 2.75) is 13.2 Å². The van der Waals surface area contributed by atoms with Crippen molar-refractivity contribution in [3.05, 3.63) is 96.4 Å². The minimum Gasteiger partial charge on any atom is -0.489 e. The van der Waals surface area contributed by atoms with Crippen LogP contribution in [0.2, 0.25) is 0 Å². The molecular formula is C22H19N3O. The standard InChI is InChI=1S/C22H19N3O/c1-2-4-21(5-3-1)26-15-18-8-6-17(7-9-18)13-24-20-11-10-19-14-23-16-25-22(19)12-20/h1-12,14,16,24H,13,15H2. The van der Waals surface area contributed by atoms with Crippen LogP contribution in [0.15, 0.2) is 85.3 Å². The van der Waals surface area contributed by atoms with Crippen LogP contribution in [0.25, 0.3) is 10.9 Å². The van der Waals surface area contributed by atoms with Gasteiger partial charge in [-0.25, -0.2) is 9.97 Å². The third-order valence-electron chi connectivity index (χ3n) is 4.18. The number of aromatic nitrogens is 2. The maximum atomic E-state index is 5.77. The Morgan fingerprint density at radius 2 is 1.65 bits per heavy atom. The summed E-state index contributed by atoms with van der Waals surface area (Å²) in [6.07, 6.45) is 3.39. The zero-order chi connectivity index (χ0) is 17.6. The van der Waals surface area contributed by atoms with E-state index in [2.05, 4.69) is 39.6 Å². The Morgan fingerprint density at radius 3 is 2.50 bits per heavy atom. The second-order valence-corrected chi connectivity index (χ2v) is 6.07. The Bertz CT molecular complexity index is 985. The van der Waals surface area contributed by atoms with E-state index in [1.54, 1.807) is 6.33 Å². The molecule has 0 radical (unpaired) electrons. The normalized spacial score (nSPS) is 10.6. The number of hydrogen-bond acceptors (Lipinski definition) is 4. The fraction of sp³-hybridized carbons (Fsp3) is 0.0909. The summed E-state index contributed by atoms with van der Waals surface area (Å²) in [6, 6.07) is 24.4. The highest BCUT2D eigenvalue weighted by Gasteiger charge is 2.00. The molecule has 0 amide bonds. The molecule has 0 aliphatic rings. The number of nitrogens with zero attached hydrogens (tertiary/aromatic N) is 2. The molecule has 1 heterocycles. The summed E-state index contributed by atoms with van der Waals surface area (Å²) in [4.78, 5) is 8.33. The molecule has 4 aromatic rings. The Morgan fingerprint density at radius 1 is 0.846 bits per heavy atom. The lowest BCUT2D eigenvalue weighted by Crippen LogP contribution is -2.00. The largest absolute Gasteiger partial charge is 0.489 e. The van der Waals surface area contributed by atoms with Crippen molar-refractivity contribution in [3.63, 3.8) is 0 Å². The molecule has 128 valence electrons. The third kappa shape index (κ3) is 3.98. The van der Waals surface area contributed by atoms with Crippen molar-refractivity contribution in [1.29, 1.82) is 0 Å². The summed E-state index contributed by atoms with van der Waals surface area (Å²) in [5, 5.41) is 4.48. The van der Waals surface area contributed by atoms with E-state index < -0.39 is 0 Å². The van der Waals surface area contributed by atoms with E-state index >= 15 is 0 Å². The van der Waals surface area contributed by atoms with Crippen LogP contribution < -0.4 is 10.1 Å². The highest BCUT2D eigenvalue weighted by Crippen LogP contribution is 2.17. The first kappa shape index (κ1) is 16.1. The van der Waals surface area contributed by atoms with Crippen LogP contribution in [0.4, 0.5) is 5.69 Å². The fourth-order valence-electron chi connectivity index (χ4n) is 2.72. The van der Waals surface area contributed by atoms with Gasteiger partial charge in [-0.2, -0.15) is 0 Å². The first-order valence-corrected chi connectivity index (χ1v) is 8.56. The number of benzene rings is 3. The van der Waals surface area contributed by atoms with Crippen LogP contribution in [-0.4, -0.2) is 9.97 Å². The molecular weight excluding hydrogens is 322 g/mol. The lowest BCUT2D eigenvalue weighted by atomic mass is 10.1. The van der Waals surface area contributed by atoms with Crippen LogP contribution in [-0.2, 0) is 13.2 Å². The van der Waals surface area contributed by atoms with Crippen LogP contribution in [0.1, 0.15) is 11.1 Å². The van der Waals surface area contributed by atoms with Crippen molar-refractivity contribution in [1.82, 2.24) is 9.97 Å². The molecule has 0 bridgehead atoms. The minimum atomic E-state index is 0.572. The van der Waals surface area contributed by atoms with Gasteiger partial charge in [0, 0.05) is 23.8 Å². The van der Waals surface area contributed by atoms with Crippen molar-refractivity contribution >= 4 is 16.6 Å². The second kappa shape index (κ2) is 7.66. The summed E-state index contributed by atoms with van der Waals surface area (Å²) < 4.78 is 5.77. The molecule has 3 aromatic carbocycles. The van der Waals surface area contributed by atoms with E-state index in [1.807, 2.05) is 54.7 Å². The molecule has 0 aliphatic heterocycles. The number of rotatable bonds is 6. The fourth-order valence-corrected chi connectivity index (χ4v) is 2.72. The number of anilines is 1. The summed E-state index contributed by atoms with van der Waals surface area (Å²) in [7, 11) is 0. The van der Waals surface area contributed by atoms with Gasteiger partial charge in [-0.3, -0.25) is 0 Å². The third-order valence-corrected chi connectivity index (χ3v) is 4.18. The van der Waals surface area contributed by atoms with Crippen molar-refractivity contribution in [3.8, 4) is 5.75 Å². The zero-order valence-corrected chi connectivity index (χ0v) is 14.3. The average molecular weight is 341 g/mol. The number of ether oxygens (including phenoxy) is 1. The van der Waals surface area contributed by atoms with E-state index in [0.29, 0.717) is 6.61 Å². The van der Waals surface area contributed by atoms with Gasteiger partial charge in [-0.15, -0.1) is 0 Å². The molecule has 4 nitrogen and oxygen atoms in total. The Kier molecular flexibility index (Phi) is 4.74. The first-order chi connectivity index (χ1) is 12.9. The SMILES string of the molecule is c1ccc(OCc2ccc(CNc3ccc4cncnc4c3)cc2)cc1. The molecule has 0 saturated carbocycles. The van der Waals surface area contributed by atoms with Crippen molar-refractivity contribution in [2.24, 2.45) is 0 Å². The van der Waals surface area contributed by atoms with Gasteiger partial charge in [-0.1, -0.05) is 42.5 Å². The van der Waals surface area contributed by atoms with Gasteiger partial charge >= 0.3 is 0 Å². The van der Waals surface area contributed by atoms with Gasteiger partial charge in [0.25, 0.3) is 0 Å². The average Bonchev–Trinajstić information content (AvgIpc) is 2.72. The minimum absolute atomic E-state index is 0.572. The van der Waals surface area contributed by atoms with Crippen LogP contribution >= 0.6 is 0 Å². The smallest absolute Gasteiger partial charge is 0.119 e. The topological polar surface area (TPSA) is 47.0 Å². The van der Waals surface area contributed by atoms with Crippen molar-refractivity contribution in [2.75, 3.05) is 5.32 Å². The van der Waals surface area contributed by atoms with Crippen molar-refractivity contribution < 1.29 is 4.74 Å². The maximum absolute atomic E-state index is 5.77. The highest BCUT2D eigenvalue weighted by atomic mass is 16.5. The second-order valence-electron chi connectivity index (χ2n) is 6.07. The van der Waals surface area contributed by atoms with Gasteiger partial charge in [0.1, 0.15) is 18.7 Å². The molecule has 0 saturated heterocycles. The van der Waals surface area contributed by atoms with Crippen LogP contribution in [0.3, 0.4) is 0 Å². The quantitative estimate of drug-likeness (QED) is 0.546. The molecule has 0 unspecified atom stereocenters. The van der Waals surface area contributed by atoms with Gasteiger partial charge in [-0.05, 0) is 41.5 Å². The predicted octanol–water partition coefficient (Wildman–Crippen LogP) is 4.82. The molecule has 0 spiro atoms. The van der Waals surface area contributed by atoms with E-state index in [1.165, 1.54) is 5.56 Å². The number of hydrogen-bond donors (Lipinski definition) is 1. The van der Waals surface area contributed by atoms with Gasteiger partial charge in [0.05, 0.1) is 5.52 Å². The van der Waals surface area contributed by atoms with Crippen LogP contribution in [0, 0.1) is 0 Å². The molecule has 1 aromatic heterocycles. The van der Waals surface area contributed by atoms with E-state index in [4.69, 9.17) is 4.74 Å². The molecule has 4 rings (SSSR count). The zero-order valence-electron chi connectivity index (χ0n) is 14.3. The highest BCUT2D eigenvalue weighted by molar-refractivity contribution is 5.81. The van der Waals surface area contributed by atoms with Gasteiger partial charge in [0.15, 0.2) is 0 Å². The van der Waals surface area contributed by atoms with Crippen LogP contribution in [0.5, 0.6) is 5.75 Å². The monoisotopic (exact) mass is 341 g/mol. The number of para-hydroxylation sites is 1. The Labute approximate surface area is 152 Å².